The van der Waals surface area contributed by atoms with Crippen LogP contribution >= 0.6 is 0 Å². The van der Waals surface area contributed by atoms with Gasteiger partial charge >= 0.3 is 0 Å². The largest absolute Gasteiger partial charge is 0.382 e. The third kappa shape index (κ3) is 52.9. The maximum atomic E-state index is 10.9. The second kappa shape index (κ2) is 36.4. The zero-order chi connectivity index (χ0) is 43.0. The van der Waals surface area contributed by atoms with E-state index in [9.17, 15) is 14.4 Å². The fourth-order valence-corrected chi connectivity index (χ4v) is 4.94. The zero-order valence-corrected chi connectivity index (χ0v) is 39.2. The van der Waals surface area contributed by atoms with E-state index >= 15 is 0 Å². The molecular formula is C44H92O9. The molecule has 0 saturated heterocycles. The Balaban J connectivity index is -0.000000206. The van der Waals surface area contributed by atoms with Crippen LogP contribution in [0.1, 0.15) is 170 Å². The maximum absolute atomic E-state index is 10.9. The summed E-state index contributed by atoms with van der Waals surface area (Å²) in [5.74, 6) is 2.87. The first-order valence-electron chi connectivity index (χ1n) is 20.0. The smallest absolute Gasteiger partial charge is 0.130 e. The Morgan fingerprint density at radius 3 is 1.23 bits per heavy atom. The van der Waals surface area contributed by atoms with Crippen LogP contribution in [0.5, 0.6) is 0 Å². The van der Waals surface area contributed by atoms with Crippen LogP contribution in [0.2, 0.25) is 0 Å². The van der Waals surface area contributed by atoms with Crippen molar-refractivity contribution in [2.75, 3.05) is 41.7 Å². The number of Topliss-reactive ketones (excluding diaryl/α,β-unsaturated/α-hetero) is 3. The standard InChI is InChI=1S/C18H36O4.C9H18O2.2C7H16O.C3H6O/c1-14(13-22-17(4,5)12-16(3)20-8)18(6,7)21-11-9-10-15(2)19;1-7(5-8(2)10)6-9(3)11-4;2*1-6(2)5-7(3)8-4;1-3(2)4/h14,16H,9-13H2,1-8H3;7,9H,5-6H2,1-4H3;2*6-7H,5H2,1-4H3;1-2H3. The van der Waals surface area contributed by atoms with Gasteiger partial charge in [0, 0.05) is 60.2 Å². The van der Waals surface area contributed by atoms with Gasteiger partial charge in [0.1, 0.15) is 17.3 Å². The van der Waals surface area contributed by atoms with E-state index in [4.69, 9.17) is 28.4 Å². The molecule has 0 bridgehead atoms. The predicted octanol–water partition coefficient (Wildman–Crippen LogP) is 10.8. The van der Waals surface area contributed by atoms with Crippen LogP contribution in [0, 0.1) is 23.7 Å². The molecule has 6 atom stereocenters. The van der Waals surface area contributed by atoms with Gasteiger partial charge in [-0.3, -0.25) is 0 Å². The van der Waals surface area contributed by atoms with Gasteiger partial charge in [-0.15, -0.1) is 0 Å². The number of methoxy groups -OCH3 is 4. The lowest BCUT2D eigenvalue weighted by Gasteiger charge is -2.35. The van der Waals surface area contributed by atoms with E-state index in [1.807, 2.05) is 6.92 Å². The van der Waals surface area contributed by atoms with Crippen molar-refractivity contribution < 1.29 is 42.8 Å². The highest BCUT2D eigenvalue weighted by molar-refractivity contribution is 5.75. The Kier molecular flexibility index (Phi) is 41.9. The van der Waals surface area contributed by atoms with Gasteiger partial charge in [0.2, 0.25) is 0 Å². The lowest BCUT2D eigenvalue weighted by atomic mass is 9.92. The molecule has 0 amide bonds. The molecule has 9 nitrogen and oxygen atoms in total. The highest BCUT2D eigenvalue weighted by atomic mass is 16.5. The normalized spacial score (nSPS) is 14.7. The fraction of sp³-hybridized carbons (Fsp3) is 0.932. The molecule has 0 saturated carbocycles. The van der Waals surface area contributed by atoms with E-state index < -0.39 is 0 Å². The monoisotopic (exact) mass is 765 g/mol. The molecule has 0 fully saturated rings. The van der Waals surface area contributed by atoms with Crippen LogP contribution in [-0.4, -0.2) is 94.6 Å². The molecule has 0 N–H and O–H groups in total. The van der Waals surface area contributed by atoms with Crippen molar-refractivity contribution in [3.05, 3.63) is 0 Å². The minimum absolute atomic E-state index is 0.167. The van der Waals surface area contributed by atoms with Gasteiger partial charge in [0.15, 0.2) is 0 Å². The van der Waals surface area contributed by atoms with Crippen molar-refractivity contribution >= 4 is 17.3 Å². The van der Waals surface area contributed by atoms with Gasteiger partial charge in [-0.25, -0.2) is 0 Å². The molecule has 6 unspecified atom stereocenters. The van der Waals surface area contributed by atoms with Crippen molar-refractivity contribution in [2.45, 2.75) is 205 Å². The maximum Gasteiger partial charge on any atom is 0.130 e. The average molecular weight is 765 g/mol. The van der Waals surface area contributed by atoms with Gasteiger partial charge in [0.05, 0.1) is 42.2 Å². The minimum atomic E-state index is -0.264. The van der Waals surface area contributed by atoms with E-state index in [1.54, 1.807) is 42.3 Å². The molecule has 0 aromatic rings. The number of ketones is 3. The van der Waals surface area contributed by atoms with E-state index in [-0.39, 0.29) is 46.7 Å². The van der Waals surface area contributed by atoms with E-state index in [2.05, 4.69) is 90.0 Å². The molecule has 0 rings (SSSR count). The molecule has 322 valence electrons. The zero-order valence-electron chi connectivity index (χ0n) is 39.2. The molecule has 0 aromatic heterocycles. The summed E-state index contributed by atoms with van der Waals surface area (Å²) in [5, 5.41) is 0. The highest BCUT2D eigenvalue weighted by Crippen LogP contribution is 2.26. The number of ether oxygens (including phenoxy) is 6. The number of carbonyl (C=O) groups excluding carboxylic acids is 3. The summed E-state index contributed by atoms with van der Waals surface area (Å²) in [5.41, 5.74) is -0.478. The first-order valence-corrected chi connectivity index (χ1v) is 20.0. The van der Waals surface area contributed by atoms with E-state index in [0.29, 0.717) is 44.2 Å². The quantitative estimate of drug-likeness (QED) is 0.0940. The summed E-state index contributed by atoms with van der Waals surface area (Å²) in [6, 6.07) is 0. The summed E-state index contributed by atoms with van der Waals surface area (Å²) in [7, 11) is 6.94. The Morgan fingerprint density at radius 2 is 0.925 bits per heavy atom. The Morgan fingerprint density at radius 1 is 0.547 bits per heavy atom. The van der Waals surface area contributed by atoms with Gasteiger partial charge in [-0.1, -0.05) is 41.5 Å². The molecule has 0 radical (unpaired) electrons. The Bertz CT molecular complexity index is 834. The van der Waals surface area contributed by atoms with E-state index in [0.717, 1.165) is 43.9 Å². The fourth-order valence-electron chi connectivity index (χ4n) is 4.94. The molecule has 0 aliphatic carbocycles. The van der Waals surface area contributed by atoms with Gasteiger partial charge < -0.3 is 42.8 Å². The van der Waals surface area contributed by atoms with Crippen LogP contribution in [0.15, 0.2) is 0 Å². The second-order valence-corrected chi connectivity index (χ2v) is 17.0. The Labute approximate surface area is 330 Å². The number of carbonyl (C=O) groups is 3. The van der Waals surface area contributed by atoms with Crippen LogP contribution in [0.25, 0.3) is 0 Å². The van der Waals surface area contributed by atoms with Gasteiger partial charge in [-0.2, -0.15) is 0 Å². The van der Waals surface area contributed by atoms with Crippen molar-refractivity contribution in [3.8, 4) is 0 Å². The van der Waals surface area contributed by atoms with Gasteiger partial charge in [-0.05, 0) is 127 Å². The molecule has 53 heavy (non-hydrogen) atoms. The van der Waals surface area contributed by atoms with Crippen LogP contribution in [0.3, 0.4) is 0 Å². The first-order chi connectivity index (χ1) is 24.1. The number of hydrogen-bond donors (Lipinski definition) is 0. The molecular weight excluding hydrogens is 672 g/mol. The summed E-state index contributed by atoms with van der Waals surface area (Å²) < 4.78 is 32.6. The van der Waals surface area contributed by atoms with Crippen molar-refractivity contribution in [1.82, 2.24) is 0 Å². The van der Waals surface area contributed by atoms with Crippen LogP contribution < -0.4 is 0 Å². The molecule has 9 heteroatoms. The van der Waals surface area contributed by atoms with Crippen molar-refractivity contribution in [3.63, 3.8) is 0 Å². The third-order valence-electron chi connectivity index (χ3n) is 8.42. The first kappa shape index (κ1) is 61.0. The Hall–Kier alpha value is -1.23. The second-order valence-electron chi connectivity index (χ2n) is 17.0. The van der Waals surface area contributed by atoms with Crippen molar-refractivity contribution in [2.24, 2.45) is 23.7 Å². The lowest BCUT2D eigenvalue weighted by Crippen LogP contribution is -2.39. The summed E-state index contributed by atoms with van der Waals surface area (Å²) in [6.07, 6.45) is 7.49. The molecule has 0 heterocycles. The number of hydrogen-bond acceptors (Lipinski definition) is 9. The van der Waals surface area contributed by atoms with Crippen molar-refractivity contribution in [1.29, 1.82) is 0 Å². The molecule has 0 spiro atoms. The molecule has 0 aromatic carbocycles. The topological polar surface area (TPSA) is 107 Å². The summed E-state index contributed by atoms with van der Waals surface area (Å²) >= 11 is 0. The predicted molar refractivity (Wildman–Crippen MR) is 224 cm³/mol. The highest BCUT2D eigenvalue weighted by Gasteiger charge is 2.30. The van der Waals surface area contributed by atoms with Crippen LogP contribution in [0.4, 0.5) is 0 Å². The lowest BCUT2D eigenvalue weighted by molar-refractivity contribution is -0.122. The minimum Gasteiger partial charge on any atom is -0.382 e. The SMILES string of the molecule is CC(C)=O.COC(C)CC(C)(C)OCC(C)C(C)(C)OCCCC(C)=O.COC(C)CC(C)C.COC(C)CC(C)C.COC(C)CC(C)CC(C)=O. The summed E-state index contributed by atoms with van der Waals surface area (Å²) in [4.78, 5) is 31.1. The summed E-state index contributed by atoms with van der Waals surface area (Å²) in [6.45, 7) is 37.2. The van der Waals surface area contributed by atoms with Gasteiger partial charge in [0.25, 0.3) is 0 Å². The average Bonchev–Trinajstić information content (AvgIpc) is 3.01. The van der Waals surface area contributed by atoms with E-state index in [1.165, 1.54) is 13.8 Å². The molecule has 0 aliphatic rings. The third-order valence-corrected chi connectivity index (χ3v) is 8.42. The van der Waals surface area contributed by atoms with Crippen LogP contribution in [-0.2, 0) is 42.8 Å². The number of rotatable bonds is 23. The molecule has 0 aliphatic heterocycles.